The molecule has 0 saturated heterocycles. The van der Waals surface area contributed by atoms with Crippen LogP contribution in [-0.2, 0) is 11.2 Å². The van der Waals surface area contributed by atoms with E-state index in [4.69, 9.17) is 9.84 Å². The highest BCUT2D eigenvalue weighted by Gasteiger charge is 2.15. The number of methoxy groups -OCH3 is 1. The number of ether oxygens (including phenoxy) is 1. The highest BCUT2D eigenvalue weighted by molar-refractivity contribution is 5.67. The van der Waals surface area contributed by atoms with Gasteiger partial charge in [0.15, 0.2) is 0 Å². The average molecular weight is 265 g/mol. The molecule has 1 aromatic carbocycles. The molecule has 1 unspecified atom stereocenters. The molecule has 106 valence electrons. The van der Waals surface area contributed by atoms with Gasteiger partial charge in [0.05, 0.1) is 13.5 Å². The number of carboxylic acids is 1. The number of carbonyl (C=O) groups is 1. The largest absolute Gasteiger partial charge is 0.496 e. The number of hydrogen-bond donors (Lipinski definition) is 2. The maximum absolute atomic E-state index is 10.8. The molecule has 0 heterocycles. The van der Waals surface area contributed by atoms with Crippen molar-refractivity contribution in [2.45, 2.75) is 38.6 Å². The van der Waals surface area contributed by atoms with Crippen LogP contribution in [0.3, 0.4) is 0 Å². The second-order valence-electron chi connectivity index (χ2n) is 5.01. The molecule has 0 aliphatic heterocycles. The number of nitrogens with one attached hydrogen (secondary N) is 1. The van der Waals surface area contributed by atoms with Gasteiger partial charge in [-0.15, -0.1) is 0 Å². The van der Waals surface area contributed by atoms with Crippen LogP contribution in [0.2, 0.25) is 0 Å². The summed E-state index contributed by atoms with van der Waals surface area (Å²) in [7, 11) is 3.42. The van der Waals surface area contributed by atoms with E-state index < -0.39 is 5.97 Å². The fraction of sp³-hybridized carbons (Fsp3) is 0.533. The SMILES string of the molecule is CNC(CC(=O)O)Cc1cc(C(C)C)ccc1OC. The molecule has 1 rings (SSSR count). The van der Waals surface area contributed by atoms with Crippen molar-refractivity contribution >= 4 is 5.97 Å². The Morgan fingerprint density at radius 3 is 2.58 bits per heavy atom. The van der Waals surface area contributed by atoms with Crippen molar-refractivity contribution in [2.24, 2.45) is 0 Å². The van der Waals surface area contributed by atoms with Gasteiger partial charge < -0.3 is 15.2 Å². The Bertz CT molecular complexity index is 429. The van der Waals surface area contributed by atoms with Gasteiger partial charge in [-0.05, 0) is 36.6 Å². The van der Waals surface area contributed by atoms with E-state index in [0.29, 0.717) is 12.3 Å². The summed E-state index contributed by atoms with van der Waals surface area (Å²) >= 11 is 0. The van der Waals surface area contributed by atoms with E-state index in [9.17, 15) is 4.79 Å². The lowest BCUT2D eigenvalue weighted by Crippen LogP contribution is -2.30. The highest BCUT2D eigenvalue weighted by Crippen LogP contribution is 2.25. The standard InChI is InChI=1S/C15H23NO3/c1-10(2)11-5-6-14(19-4)12(7-11)8-13(16-3)9-15(17)18/h5-7,10,13,16H,8-9H2,1-4H3,(H,17,18). The molecule has 0 saturated carbocycles. The first-order valence-corrected chi connectivity index (χ1v) is 6.53. The van der Waals surface area contributed by atoms with Crippen molar-refractivity contribution < 1.29 is 14.6 Å². The molecule has 19 heavy (non-hydrogen) atoms. The summed E-state index contributed by atoms with van der Waals surface area (Å²) < 4.78 is 5.36. The van der Waals surface area contributed by atoms with E-state index in [1.165, 1.54) is 5.56 Å². The monoisotopic (exact) mass is 265 g/mol. The maximum atomic E-state index is 10.8. The van der Waals surface area contributed by atoms with Crippen LogP contribution in [0, 0.1) is 0 Å². The quantitative estimate of drug-likeness (QED) is 0.795. The number of carboxylic acid groups (broad SMARTS) is 1. The van der Waals surface area contributed by atoms with Crippen LogP contribution in [0.4, 0.5) is 0 Å². The molecule has 1 aromatic rings. The van der Waals surface area contributed by atoms with Crippen LogP contribution in [0.25, 0.3) is 0 Å². The predicted molar refractivity (Wildman–Crippen MR) is 75.9 cm³/mol. The van der Waals surface area contributed by atoms with Crippen molar-refractivity contribution in [1.29, 1.82) is 0 Å². The molecular weight excluding hydrogens is 242 g/mol. The highest BCUT2D eigenvalue weighted by atomic mass is 16.5. The summed E-state index contributed by atoms with van der Waals surface area (Å²) in [5.74, 6) is 0.463. The molecule has 0 fully saturated rings. The van der Waals surface area contributed by atoms with Crippen LogP contribution in [-0.4, -0.2) is 31.3 Å². The van der Waals surface area contributed by atoms with E-state index in [1.54, 1.807) is 14.2 Å². The first-order chi connectivity index (χ1) is 8.97. The third kappa shape index (κ3) is 4.56. The van der Waals surface area contributed by atoms with Gasteiger partial charge in [-0.1, -0.05) is 26.0 Å². The Balaban J connectivity index is 2.95. The smallest absolute Gasteiger partial charge is 0.304 e. The molecule has 2 N–H and O–H groups in total. The average Bonchev–Trinajstić information content (AvgIpc) is 2.37. The minimum Gasteiger partial charge on any atom is -0.496 e. The predicted octanol–water partition coefficient (Wildman–Crippen LogP) is 2.42. The molecule has 0 aromatic heterocycles. The lowest BCUT2D eigenvalue weighted by molar-refractivity contribution is -0.137. The molecule has 1 atom stereocenters. The summed E-state index contributed by atoms with van der Waals surface area (Å²) in [5, 5.41) is 11.9. The van der Waals surface area contributed by atoms with Crippen molar-refractivity contribution in [2.75, 3.05) is 14.2 Å². The van der Waals surface area contributed by atoms with Gasteiger partial charge in [-0.2, -0.15) is 0 Å². The van der Waals surface area contributed by atoms with Crippen LogP contribution in [0.15, 0.2) is 18.2 Å². The van der Waals surface area contributed by atoms with E-state index >= 15 is 0 Å². The Kier molecular flexibility index (Phi) is 5.83. The van der Waals surface area contributed by atoms with Crippen LogP contribution >= 0.6 is 0 Å². The molecule has 0 bridgehead atoms. The molecule has 0 aliphatic carbocycles. The molecule has 0 radical (unpaired) electrons. The topological polar surface area (TPSA) is 58.6 Å². The van der Waals surface area contributed by atoms with E-state index in [1.807, 2.05) is 6.07 Å². The Morgan fingerprint density at radius 1 is 1.42 bits per heavy atom. The Morgan fingerprint density at radius 2 is 2.11 bits per heavy atom. The van der Waals surface area contributed by atoms with Gasteiger partial charge in [0, 0.05) is 6.04 Å². The molecule has 4 heteroatoms. The lowest BCUT2D eigenvalue weighted by Gasteiger charge is -2.18. The number of likely N-dealkylation sites (N-methyl/N-ethyl adjacent to an activating group) is 1. The minimum absolute atomic E-state index is 0.0891. The van der Waals surface area contributed by atoms with Gasteiger partial charge in [-0.25, -0.2) is 0 Å². The minimum atomic E-state index is -0.793. The van der Waals surface area contributed by atoms with Gasteiger partial charge in [0.25, 0.3) is 0 Å². The van der Waals surface area contributed by atoms with Crippen molar-refractivity contribution in [3.05, 3.63) is 29.3 Å². The van der Waals surface area contributed by atoms with E-state index in [-0.39, 0.29) is 12.5 Å². The van der Waals surface area contributed by atoms with E-state index in [2.05, 4.69) is 31.3 Å². The van der Waals surface area contributed by atoms with Gasteiger partial charge in [0.2, 0.25) is 0 Å². The third-order valence-electron chi connectivity index (χ3n) is 3.27. The van der Waals surface area contributed by atoms with Crippen LogP contribution < -0.4 is 10.1 Å². The van der Waals surface area contributed by atoms with Crippen LogP contribution in [0.1, 0.15) is 37.3 Å². The second kappa shape index (κ2) is 7.14. The van der Waals surface area contributed by atoms with Gasteiger partial charge in [-0.3, -0.25) is 4.79 Å². The van der Waals surface area contributed by atoms with Crippen molar-refractivity contribution in [3.8, 4) is 5.75 Å². The first kappa shape index (κ1) is 15.5. The van der Waals surface area contributed by atoms with Gasteiger partial charge >= 0.3 is 5.97 Å². The second-order valence-corrected chi connectivity index (χ2v) is 5.01. The molecule has 4 nitrogen and oxygen atoms in total. The number of aliphatic carboxylic acids is 1. The number of benzene rings is 1. The Hall–Kier alpha value is -1.55. The number of hydrogen-bond acceptors (Lipinski definition) is 3. The fourth-order valence-corrected chi connectivity index (χ4v) is 2.07. The fourth-order valence-electron chi connectivity index (χ4n) is 2.07. The lowest BCUT2D eigenvalue weighted by atomic mass is 9.96. The van der Waals surface area contributed by atoms with Gasteiger partial charge in [0.1, 0.15) is 5.75 Å². The first-order valence-electron chi connectivity index (χ1n) is 6.53. The normalized spacial score (nSPS) is 12.5. The molecular formula is C15H23NO3. The summed E-state index contributed by atoms with van der Waals surface area (Å²) in [4.78, 5) is 10.8. The van der Waals surface area contributed by atoms with Crippen LogP contribution in [0.5, 0.6) is 5.75 Å². The summed E-state index contributed by atoms with van der Waals surface area (Å²) in [6.07, 6.45) is 0.748. The molecule has 0 aliphatic rings. The van der Waals surface area contributed by atoms with Crippen molar-refractivity contribution in [1.82, 2.24) is 5.32 Å². The molecule has 0 amide bonds. The summed E-state index contributed by atoms with van der Waals surface area (Å²) in [6, 6.07) is 6.03. The summed E-state index contributed by atoms with van der Waals surface area (Å²) in [6.45, 7) is 4.27. The zero-order valence-corrected chi connectivity index (χ0v) is 12.1. The zero-order chi connectivity index (χ0) is 14.4. The summed E-state index contributed by atoms with van der Waals surface area (Å²) in [5.41, 5.74) is 2.29. The van der Waals surface area contributed by atoms with E-state index in [0.717, 1.165) is 11.3 Å². The Labute approximate surface area is 114 Å². The van der Waals surface area contributed by atoms with Crippen molar-refractivity contribution in [3.63, 3.8) is 0 Å². The maximum Gasteiger partial charge on any atom is 0.304 e. The zero-order valence-electron chi connectivity index (χ0n) is 12.1. The molecule has 0 spiro atoms. The number of rotatable bonds is 7. The third-order valence-corrected chi connectivity index (χ3v) is 3.27.